The second kappa shape index (κ2) is 10.1. The Morgan fingerprint density at radius 1 is 1.17 bits per heavy atom. The van der Waals surface area contributed by atoms with Crippen LogP contribution in [-0.2, 0) is 6.54 Å². The summed E-state index contributed by atoms with van der Waals surface area (Å²) in [6.45, 7) is 3.79. The third-order valence-electron chi connectivity index (χ3n) is 5.44. The number of aromatic nitrogens is 1. The van der Waals surface area contributed by atoms with Crippen LogP contribution in [0.3, 0.4) is 0 Å². The average Bonchev–Trinajstić information content (AvgIpc) is 2.70. The van der Waals surface area contributed by atoms with E-state index in [0.29, 0.717) is 16.5 Å². The summed E-state index contributed by atoms with van der Waals surface area (Å²) in [7, 11) is 4.11. The molecular formula is C23H31ClN4O. The van der Waals surface area contributed by atoms with Crippen LogP contribution in [0.1, 0.15) is 47.2 Å². The Hall–Kier alpha value is -2.11. The second-order valence-corrected chi connectivity index (χ2v) is 8.75. The van der Waals surface area contributed by atoms with Gasteiger partial charge in [-0.15, -0.1) is 0 Å². The number of carbonyl (C=O) groups excluding carboxylic acids is 1. The molecule has 0 bridgehead atoms. The van der Waals surface area contributed by atoms with Crippen LogP contribution in [0.25, 0.3) is 0 Å². The molecule has 1 aromatic carbocycles. The van der Waals surface area contributed by atoms with Crippen LogP contribution in [0, 0.1) is 12.8 Å². The van der Waals surface area contributed by atoms with Gasteiger partial charge < -0.3 is 15.5 Å². The molecule has 6 heteroatoms. The van der Waals surface area contributed by atoms with Gasteiger partial charge in [0, 0.05) is 25.3 Å². The molecule has 0 atom stereocenters. The number of halogens is 1. The molecule has 1 fully saturated rings. The van der Waals surface area contributed by atoms with E-state index in [2.05, 4.69) is 46.7 Å². The van der Waals surface area contributed by atoms with E-state index in [1.807, 2.05) is 25.3 Å². The lowest BCUT2D eigenvalue weighted by Crippen LogP contribution is -2.38. The first-order valence-electron chi connectivity index (χ1n) is 10.3. The number of nitrogens with one attached hydrogen (secondary N) is 2. The number of hydrogen-bond acceptors (Lipinski definition) is 4. The van der Waals surface area contributed by atoms with Crippen molar-refractivity contribution in [3.63, 3.8) is 0 Å². The standard InChI is InChI=1S/C23H31ClN4O/c1-16-4-10-21(24)20(12-16)23(29)27-19-8-5-17(6-9-19)13-25-22-11-7-18(14-26-22)15-28(2)3/h4,7,10-12,14,17,19H,5-6,8-9,13,15H2,1-3H3,(H,25,26)(H,27,29)/t17-,19-. The molecule has 1 saturated carbocycles. The first-order chi connectivity index (χ1) is 13.9. The molecule has 2 aromatic rings. The monoisotopic (exact) mass is 414 g/mol. The summed E-state index contributed by atoms with van der Waals surface area (Å²) in [5.41, 5.74) is 2.82. The van der Waals surface area contributed by atoms with Crippen molar-refractivity contribution in [3.05, 3.63) is 58.2 Å². The highest BCUT2D eigenvalue weighted by Gasteiger charge is 2.23. The molecule has 1 amide bonds. The molecule has 29 heavy (non-hydrogen) atoms. The van der Waals surface area contributed by atoms with Crippen LogP contribution in [-0.4, -0.2) is 42.5 Å². The molecule has 2 N–H and O–H groups in total. The lowest BCUT2D eigenvalue weighted by molar-refractivity contribution is 0.0923. The van der Waals surface area contributed by atoms with Gasteiger partial charge in [0.15, 0.2) is 0 Å². The normalized spacial score (nSPS) is 19.2. The van der Waals surface area contributed by atoms with Crippen molar-refractivity contribution in [3.8, 4) is 0 Å². The maximum absolute atomic E-state index is 12.6. The summed E-state index contributed by atoms with van der Waals surface area (Å²) in [6, 6.07) is 9.95. The fourth-order valence-electron chi connectivity index (χ4n) is 3.82. The highest BCUT2D eigenvalue weighted by Crippen LogP contribution is 2.25. The molecule has 0 saturated heterocycles. The highest BCUT2D eigenvalue weighted by atomic mass is 35.5. The molecule has 0 radical (unpaired) electrons. The minimum Gasteiger partial charge on any atom is -0.370 e. The number of carbonyl (C=O) groups is 1. The Balaban J connectivity index is 1.42. The number of nitrogens with zero attached hydrogens (tertiary/aromatic N) is 2. The predicted octanol–water partition coefficient (Wildman–Crippen LogP) is 4.51. The number of pyridine rings is 1. The molecule has 1 aliphatic carbocycles. The largest absolute Gasteiger partial charge is 0.370 e. The predicted molar refractivity (Wildman–Crippen MR) is 120 cm³/mol. The molecule has 1 aliphatic rings. The maximum Gasteiger partial charge on any atom is 0.253 e. The number of aryl methyl sites for hydroxylation is 1. The first-order valence-corrected chi connectivity index (χ1v) is 10.7. The fourth-order valence-corrected chi connectivity index (χ4v) is 4.03. The average molecular weight is 415 g/mol. The third-order valence-corrected chi connectivity index (χ3v) is 5.77. The minimum atomic E-state index is -0.0673. The SMILES string of the molecule is Cc1ccc(Cl)c(C(=O)N[C@H]2CC[C@H](CNc3ccc(CN(C)C)cn3)CC2)c1. The quantitative estimate of drug-likeness (QED) is 0.700. The fraction of sp³-hybridized carbons (Fsp3) is 0.478. The smallest absolute Gasteiger partial charge is 0.253 e. The molecule has 5 nitrogen and oxygen atoms in total. The minimum absolute atomic E-state index is 0.0673. The molecule has 0 aliphatic heterocycles. The number of rotatable bonds is 7. The lowest BCUT2D eigenvalue weighted by atomic mass is 9.86. The van der Waals surface area contributed by atoms with E-state index in [-0.39, 0.29) is 11.9 Å². The molecule has 1 aromatic heterocycles. The summed E-state index contributed by atoms with van der Waals surface area (Å²) < 4.78 is 0. The van der Waals surface area contributed by atoms with Crippen molar-refractivity contribution in [1.29, 1.82) is 0 Å². The molecule has 1 heterocycles. The van der Waals surface area contributed by atoms with Gasteiger partial charge in [0.1, 0.15) is 5.82 Å². The van der Waals surface area contributed by atoms with Crippen molar-refractivity contribution in [2.24, 2.45) is 5.92 Å². The van der Waals surface area contributed by atoms with Crippen LogP contribution >= 0.6 is 11.6 Å². The van der Waals surface area contributed by atoms with E-state index in [4.69, 9.17) is 11.6 Å². The van der Waals surface area contributed by atoms with E-state index >= 15 is 0 Å². The van der Waals surface area contributed by atoms with Gasteiger partial charge in [-0.2, -0.15) is 0 Å². The zero-order valence-electron chi connectivity index (χ0n) is 17.5. The molecule has 3 rings (SSSR count). The summed E-state index contributed by atoms with van der Waals surface area (Å²) >= 11 is 6.19. The molecule has 0 spiro atoms. The van der Waals surface area contributed by atoms with Gasteiger partial charge in [0.2, 0.25) is 0 Å². The van der Waals surface area contributed by atoms with Crippen molar-refractivity contribution in [2.45, 2.75) is 45.2 Å². The Morgan fingerprint density at radius 2 is 1.93 bits per heavy atom. The van der Waals surface area contributed by atoms with E-state index in [1.54, 1.807) is 6.07 Å². The lowest BCUT2D eigenvalue weighted by Gasteiger charge is -2.29. The van der Waals surface area contributed by atoms with Crippen LogP contribution < -0.4 is 10.6 Å². The van der Waals surface area contributed by atoms with E-state index in [0.717, 1.165) is 50.2 Å². The van der Waals surface area contributed by atoms with Gasteiger partial charge in [0.05, 0.1) is 10.6 Å². The Morgan fingerprint density at radius 3 is 2.59 bits per heavy atom. The summed E-state index contributed by atoms with van der Waals surface area (Å²) in [5.74, 6) is 1.47. The van der Waals surface area contributed by atoms with Crippen LogP contribution in [0.4, 0.5) is 5.82 Å². The summed E-state index contributed by atoms with van der Waals surface area (Å²) in [4.78, 5) is 19.2. The highest BCUT2D eigenvalue weighted by molar-refractivity contribution is 6.33. The van der Waals surface area contributed by atoms with Crippen molar-refractivity contribution in [2.75, 3.05) is 26.0 Å². The zero-order chi connectivity index (χ0) is 20.8. The first kappa shape index (κ1) is 21.6. The van der Waals surface area contributed by atoms with Gasteiger partial charge in [-0.25, -0.2) is 4.98 Å². The maximum atomic E-state index is 12.6. The van der Waals surface area contributed by atoms with Crippen LogP contribution in [0.15, 0.2) is 36.5 Å². The van der Waals surface area contributed by atoms with Crippen LogP contribution in [0.5, 0.6) is 0 Å². The van der Waals surface area contributed by atoms with E-state index < -0.39 is 0 Å². The van der Waals surface area contributed by atoms with E-state index in [1.165, 1.54) is 5.56 Å². The van der Waals surface area contributed by atoms with E-state index in [9.17, 15) is 4.79 Å². The number of hydrogen-bond donors (Lipinski definition) is 2. The third kappa shape index (κ3) is 6.44. The molecule has 156 valence electrons. The molecular weight excluding hydrogens is 384 g/mol. The van der Waals surface area contributed by atoms with Gasteiger partial charge in [-0.05, 0) is 76.4 Å². The number of amides is 1. The van der Waals surface area contributed by atoms with Crippen molar-refractivity contribution in [1.82, 2.24) is 15.2 Å². The number of benzene rings is 1. The second-order valence-electron chi connectivity index (χ2n) is 8.34. The van der Waals surface area contributed by atoms with Crippen LogP contribution in [0.2, 0.25) is 5.02 Å². The topological polar surface area (TPSA) is 57.3 Å². The molecule has 0 unspecified atom stereocenters. The van der Waals surface area contributed by atoms with Gasteiger partial charge in [-0.3, -0.25) is 4.79 Å². The van der Waals surface area contributed by atoms with Gasteiger partial charge in [0.25, 0.3) is 5.91 Å². The van der Waals surface area contributed by atoms with Crippen molar-refractivity contribution >= 4 is 23.3 Å². The summed E-state index contributed by atoms with van der Waals surface area (Å²) in [5, 5.41) is 7.13. The van der Waals surface area contributed by atoms with Crippen molar-refractivity contribution < 1.29 is 4.79 Å². The zero-order valence-corrected chi connectivity index (χ0v) is 18.3. The summed E-state index contributed by atoms with van der Waals surface area (Å²) in [6.07, 6.45) is 6.12. The Bertz CT molecular complexity index is 814. The number of anilines is 1. The Labute approximate surface area is 178 Å². The Kier molecular flexibility index (Phi) is 7.51. The van der Waals surface area contributed by atoms with Gasteiger partial charge in [-0.1, -0.05) is 29.3 Å². The van der Waals surface area contributed by atoms with Gasteiger partial charge >= 0.3 is 0 Å².